The van der Waals surface area contributed by atoms with Crippen molar-refractivity contribution in [1.29, 1.82) is 0 Å². The number of carbonyl (C=O) groups excluding carboxylic acids is 2. The fraction of sp³-hybridized carbons (Fsp3) is 0.375. The maximum Gasteiger partial charge on any atom is 0.293 e. The summed E-state index contributed by atoms with van der Waals surface area (Å²) in [6.07, 6.45) is 3.62. The Bertz CT molecular complexity index is 767. The number of amides is 2. The Labute approximate surface area is 131 Å². The third kappa shape index (κ3) is 1.57. The molecule has 0 spiro atoms. The van der Waals surface area contributed by atoms with Gasteiger partial charge in [0.05, 0.1) is 28.0 Å². The van der Waals surface area contributed by atoms with Crippen molar-refractivity contribution in [3.05, 3.63) is 46.5 Å². The number of hydrogen-bond acceptors (Lipinski definition) is 5. The van der Waals surface area contributed by atoms with E-state index in [0.29, 0.717) is 0 Å². The number of anilines is 1. The molecule has 4 atom stereocenters. The zero-order valence-electron chi connectivity index (χ0n) is 12.6. The summed E-state index contributed by atoms with van der Waals surface area (Å²) in [6, 6.07) is 5.79. The molecule has 7 nitrogen and oxygen atoms in total. The molecule has 3 heterocycles. The SMILES string of the molecule is C[C@]12C=C[C@](C)(O1)[C@H]1C(=O)N(c3ccccc3[N+](=O)[O-])C(=O)[C@@H]12. The van der Waals surface area contributed by atoms with Gasteiger partial charge in [-0.25, -0.2) is 4.90 Å². The van der Waals surface area contributed by atoms with Crippen molar-refractivity contribution in [3.8, 4) is 0 Å². The fourth-order valence-corrected chi connectivity index (χ4v) is 4.08. The Kier molecular flexibility index (Phi) is 2.48. The third-order valence-corrected chi connectivity index (χ3v) is 5.05. The normalized spacial score (nSPS) is 37.6. The summed E-state index contributed by atoms with van der Waals surface area (Å²) in [7, 11) is 0. The fourth-order valence-electron chi connectivity index (χ4n) is 4.08. The number of nitrogens with zero attached hydrogens (tertiary/aromatic N) is 2. The van der Waals surface area contributed by atoms with Crippen molar-refractivity contribution in [1.82, 2.24) is 0 Å². The van der Waals surface area contributed by atoms with Gasteiger partial charge in [0.25, 0.3) is 5.69 Å². The number of nitro groups is 1. The molecule has 0 aliphatic carbocycles. The van der Waals surface area contributed by atoms with Crippen LogP contribution in [0.4, 0.5) is 11.4 Å². The molecule has 2 amide bonds. The summed E-state index contributed by atoms with van der Waals surface area (Å²) < 4.78 is 5.90. The molecule has 2 bridgehead atoms. The van der Waals surface area contributed by atoms with E-state index < -0.39 is 39.8 Å². The monoisotopic (exact) mass is 314 g/mol. The molecule has 0 saturated carbocycles. The number of rotatable bonds is 2. The number of benzene rings is 1. The van der Waals surface area contributed by atoms with Crippen molar-refractivity contribution in [2.24, 2.45) is 11.8 Å². The van der Waals surface area contributed by atoms with Crippen LogP contribution in [0.1, 0.15) is 13.8 Å². The molecule has 3 aliphatic heterocycles. The van der Waals surface area contributed by atoms with E-state index in [-0.39, 0.29) is 11.4 Å². The van der Waals surface area contributed by atoms with E-state index in [2.05, 4.69) is 0 Å². The number of ether oxygens (including phenoxy) is 1. The second kappa shape index (κ2) is 4.05. The van der Waals surface area contributed by atoms with Gasteiger partial charge in [-0.15, -0.1) is 0 Å². The average Bonchev–Trinajstić information content (AvgIpc) is 3.04. The smallest absolute Gasteiger partial charge is 0.293 e. The highest BCUT2D eigenvalue weighted by atomic mass is 16.6. The molecular weight excluding hydrogens is 300 g/mol. The third-order valence-electron chi connectivity index (χ3n) is 5.05. The van der Waals surface area contributed by atoms with Crippen LogP contribution in [0.3, 0.4) is 0 Å². The topological polar surface area (TPSA) is 89.8 Å². The van der Waals surface area contributed by atoms with Crippen LogP contribution in [0.25, 0.3) is 0 Å². The van der Waals surface area contributed by atoms with Crippen LogP contribution >= 0.6 is 0 Å². The van der Waals surface area contributed by atoms with Crippen LogP contribution in [-0.2, 0) is 14.3 Å². The zero-order valence-corrected chi connectivity index (χ0v) is 12.6. The van der Waals surface area contributed by atoms with Crippen molar-refractivity contribution in [2.45, 2.75) is 25.0 Å². The van der Waals surface area contributed by atoms with Gasteiger partial charge in [0, 0.05) is 6.07 Å². The first-order chi connectivity index (χ1) is 10.8. The minimum absolute atomic E-state index is 0.0218. The van der Waals surface area contributed by atoms with Crippen LogP contribution < -0.4 is 4.90 Å². The van der Waals surface area contributed by atoms with Crippen molar-refractivity contribution in [2.75, 3.05) is 4.90 Å². The van der Waals surface area contributed by atoms with E-state index in [0.717, 1.165) is 4.90 Å². The highest BCUT2D eigenvalue weighted by molar-refractivity contribution is 6.24. The average molecular weight is 314 g/mol. The van der Waals surface area contributed by atoms with E-state index in [1.165, 1.54) is 18.2 Å². The molecule has 23 heavy (non-hydrogen) atoms. The number of fused-ring (bicyclic) bond motifs is 5. The Morgan fingerprint density at radius 2 is 1.61 bits per heavy atom. The van der Waals surface area contributed by atoms with E-state index in [1.807, 2.05) is 12.2 Å². The quantitative estimate of drug-likeness (QED) is 0.359. The summed E-state index contributed by atoms with van der Waals surface area (Å²) in [6.45, 7) is 3.54. The highest BCUT2D eigenvalue weighted by Gasteiger charge is 2.70. The number of imide groups is 1. The molecule has 7 heteroatoms. The maximum atomic E-state index is 12.9. The molecule has 0 radical (unpaired) electrons. The number of nitro benzene ring substituents is 1. The van der Waals surface area contributed by atoms with Gasteiger partial charge in [0.15, 0.2) is 0 Å². The van der Waals surface area contributed by atoms with Gasteiger partial charge in [-0.1, -0.05) is 24.3 Å². The van der Waals surface area contributed by atoms with E-state index in [4.69, 9.17) is 4.74 Å². The Morgan fingerprint density at radius 1 is 1.09 bits per heavy atom. The molecule has 0 aromatic heterocycles. The van der Waals surface area contributed by atoms with Crippen molar-refractivity contribution >= 4 is 23.2 Å². The lowest BCUT2D eigenvalue weighted by Crippen LogP contribution is -2.39. The molecule has 2 saturated heterocycles. The first-order valence-electron chi connectivity index (χ1n) is 7.30. The molecule has 1 aromatic carbocycles. The van der Waals surface area contributed by atoms with Crippen LogP contribution in [0.5, 0.6) is 0 Å². The van der Waals surface area contributed by atoms with E-state index in [1.54, 1.807) is 19.9 Å². The minimum atomic E-state index is -0.843. The summed E-state index contributed by atoms with van der Waals surface area (Å²) >= 11 is 0. The Morgan fingerprint density at radius 3 is 2.13 bits per heavy atom. The van der Waals surface area contributed by atoms with Gasteiger partial charge in [-0.2, -0.15) is 0 Å². The van der Waals surface area contributed by atoms with Crippen LogP contribution in [-0.4, -0.2) is 27.9 Å². The van der Waals surface area contributed by atoms with Gasteiger partial charge in [-0.05, 0) is 19.9 Å². The molecule has 3 aliphatic rings. The first-order valence-corrected chi connectivity index (χ1v) is 7.30. The number of carbonyl (C=O) groups is 2. The molecule has 118 valence electrons. The second-order valence-corrected chi connectivity index (χ2v) is 6.52. The van der Waals surface area contributed by atoms with E-state index >= 15 is 0 Å². The minimum Gasteiger partial charge on any atom is -0.359 e. The van der Waals surface area contributed by atoms with Gasteiger partial charge in [-0.3, -0.25) is 19.7 Å². The maximum absolute atomic E-state index is 12.9. The summed E-state index contributed by atoms with van der Waals surface area (Å²) in [5, 5.41) is 11.2. The predicted molar refractivity (Wildman–Crippen MR) is 79.6 cm³/mol. The van der Waals surface area contributed by atoms with Crippen LogP contribution in [0.2, 0.25) is 0 Å². The Balaban J connectivity index is 1.85. The summed E-state index contributed by atoms with van der Waals surface area (Å²) in [4.78, 5) is 37.4. The van der Waals surface area contributed by atoms with Crippen molar-refractivity contribution in [3.63, 3.8) is 0 Å². The lowest BCUT2D eigenvalue weighted by Gasteiger charge is -2.25. The standard InChI is InChI=1S/C16H14N2O5/c1-15-7-8-16(2,23-15)12-11(15)13(19)17(14(12)20)9-5-3-4-6-10(9)18(21)22/h3-8,11-12H,1-2H3/t11-,12-,15-,16+/m1/s1. The lowest BCUT2D eigenvalue weighted by molar-refractivity contribution is -0.384. The van der Waals surface area contributed by atoms with Gasteiger partial charge < -0.3 is 4.74 Å². The van der Waals surface area contributed by atoms with Crippen LogP contribution in [0, 0.1) is 22.0 Å². The number of hydrogen-bond donors (Lipinski definition) is 0. The highest BCUT2D eigenvalue weighted by Crippen LogP contribution is 2.57. The number of para-hydroxylation sites is 2. The summed E-state index contributed by atoms with van der Waals surface area (Å²) in [5.74, 6) is -2.18. The van der Waals surface area contributed by atoms with Crippen molar-refractivity contribution < 1.29 is 19.2 Å². The lowest BCUT2D eigenvalue weighted by atomic mass is 9.73. The van der Waals surface area contributed by atoms with Gasteiger partial charge in [0.2, 0.25) is 11.8 Å². The molecule has 2 fully saturated rings. The molecule has 4 rings (SSSR count). The zero-order chi connectivity index (χ0) is 16.6. The Hall–Kier alpha value is -2.54. The largest absolute Gasteiger partial charge is 0.359 e. The molecule has 0 unspecified atom stereocenters. The second-order valence-electron chi connectivity index (χ2n) is 6.52. The first kappa shape index (κ1) is 14.1. The van der Waals surface area contributed by atoms with Gasteiger partial charge >= 0.3 is 0 Å². The van der Waals surface area contributed by atoms with Gasteiger partial charge in [0.1, 0.15) is 5.69 Å². The van der Waals surface area contributed by atoms with E-state index in [9.17, 15) is 19.7 Å². The molecule has 0 N–H and O–H groups in total. The molecular formula is C16H14N2O5. The molecule has 1 aromatic rings. The predicted octanol–water partition coefficient (Wildman–Crippen LogP) is 1.82. The summed E-state index contributed by atoms with van der Waals surface area (Å²) in [5.41, 5.74) is -1.92. The van der Waals surface area contributed by atoms with Crippen LogP contribution in [0.15, 0.2) is 36.4 Å².